The predicted octanol–water partition coefficient (Wildman–Crippen LogP) is 2.70. The Morgan fingerprint density at radius 1 is 1.27 bits per heavy atom. The van der Waals surface area contributed by atoms with Crippen molar-refractivity contribution in [2.24, 2.45) is 5.92 Å². The number of nitrogens with zero attached hydrogens (tertiary/aromatic N) is 2. The molecule has 1 saturated heterocycles. The van der Waals surface area contributed by atoms with Crippen molar-refractivity contribution in [2.45, 2.75) is 44.5 Å². The van der Waals surface area contributed by atoms with E-state index in [9.17, 15) is 26.4 Å². The van der Waals surface area contributed by atoms with Gasteiger partial charge in [0.2, 0.25) is 5.91 Å². The van der Waals surface area contributed by atoms with E-state index in [1.54, 1.807) is 18.7 Å². The second-order valence-corrected chi connectivity index (χ2v) is 9.52. The van der Waals surface area contributed by atoms with Gasteiger partial charge < -0.3 is 4.90 Å². The lowest BCUT2D eigenvalue weighted by Crippen LogP contribution is -2.41. The minimum Gasteiger partial charge on any atom is -0.342 e. The van der Waals surface area contributed by atoms with E-state index in [1.807, 2.05) is 0 Å². The molecule has 0 atom stereocenters. The van der Waals surface area contributed by atoms with Crippen LogP contribution in [0.2, 0.25) is 0 Å². The van der Waals surface area contributed by atoms with Crippen molar-refractivity contribution < 1.29 is 26.4 Å². The lowest BCUT2D eigenvalue weighted by Gasteiger charge is -2.32. The largest absolute Gasteiger partial charge is 0.417 e. The first-order valence-corrected chi connectivity index (χ1v) is 10.2. The number of carbonyl (C=O) groups is 1. The average Bonchev–Trinajstić information content (AvgIpc) is 2.54. The second-order valence-electron chi connectivity index (χ2n) is 6.92. The second kappa shape index (κ2) is 7.94. The van der Waals surface area contributed by atoms with E-state index < -0.39 is 26.8 Å². The Balaban J connectivity index is 1.87. The molecule has 0 radical (unpaired) electrons. The number of rotatable bonds is 5. The summed E-state index contributed by atoms with van der Waals surface area (Å²) in [5.41, 5.74) is -0.562. The lowest BCUT2D eigenvalue weighted by atomic mass is 9.98. The Morgan fingerprint density at radius 3 is 2.35 bits per heavy atom. The fourth-order valence-corrected chi connectivity index (χ4v) is 4.21. The highest BCUT2D eigenvalue weighted by atomic mass is 32.2. The quantitative estimate of drug-likeness (QED) is 0.773. The normalized spacial score (nSPS) is 16.9. The molecular formula is C17H23F3N2O3S. The smallest absolute Gasteiger partial charge is 0.342 e. The van der Waals surface area contributed by atoms with E-state index in [1.165, 1.54) is 6.07 Å². The van der Waals surface area contributed by atoms with Gasteiger partial charge in [0.05, 0.1) is 23.0 Å². The highest BCUT2D eigenvalue weighted by molar-refractivity contribution is 7.91. The van der Waals surface area contributed by atoms with Gasteiger partial charge in [-0.2, -0.15) is 13.2 Å². The van der Waals surface area contributed by atoms with Gasteiger partial charge in [0.25, 0.3) is 0 Å². The van der Waals surface area contributed by atoms with E-state index in [4.69, 9.17) is 0 Å². The third-order valence-electron chi connectivity index (χ3n) is 4.64. The summed E-state index contributed by atoms with van der Waals surface area (Å²) >= 11 is 0. The molecule has 1 aromatic heterocycles. The number of piperidine rings is 1. The summed E-state index contributed by atoms with van der Waals surface area (Å²) in [6, 6.07) is 2.13. The highest BCUT2D eigenvalue weighted by Gasteiger charge is 2.31. The summed E-state index contributed by atoms with van der Waals surface area (Å²) in [5, 5.41) is -0.409. The van der Waals surface area contributed by atoms with Crippen molar-refractivity contribution in [1.82, 2.24) is 9.88 Å². The molecule has 2 rings (SSSR count). The number of pyridine rings is 1. The Morgan fingerprint density at radius 2 is 1.88 bits per heavy atom. The summed E-state index contributed by atoms with van der Waals surface area (Å²) < 4.78 is 61.5. The number of hydrogen-bond acceptors (Lipinski definition) is 4. The van der Waals surface area contributed by atoms with Crippen LogP contribution in [0.25, 0.3) is 0 Å². The summed E-state index contributed by atoms with van der Waals surface area (Å²) in [6.07, 6.45) is -2.57. The van der Waals surface area contributed by atoms with Gasteiger partial charge in [-0.3, -0.25) is 9.78 Å². The lowest BCUT2D eigenvalue weighted by molar-refractivity contribution is -0.137. The molecule has 0 saturated carbocycles. The van der Waals surface area contributed by atoms with Gasteiger partial charge >= 0.3 is 6.18 Å². The molecule has 0 spiro atoms. The molecule has 1 aliphatic heterocycles. The number of sulfone groups is 1. The monoisotopic (exact) mass is 392 g/mol. The maximum absolute atomic E-state index is 12.5. The molecule has 26 heavy (non-hydrogen) atoms. The summed E-state index contributed by atoms with van der Waals surface area (Å²) in [5.74, 6) is -0.0364. The number of amides is 1. The van der Waals surface area contributed by atoms with Crippen molar-refractivity contribution in [3.63, 3.8) is 0 Å². The zero-order valence-corrected chi connectivity index (χ0v) is 15.6. The number of likely N-dealkylation sites (tertiary alicyclic amines) is 1. The van der Waals surface area contributed by atoms with E-state index in [0.29, 0.717) is 25.9 Å². The Bertz CT molecular complexity index is 723. The maximum Gasteiger partial charge on any atom is 0.417 e. The van der Waals surface area contributed by atoms with Gasteiger partial charge in [0, 0.05) is 25.0 Å². The molecule has 2 heterocycles. The van der Waals surface area contributed by atoms with E-state index in [2.05, 4.69) is 4.98 Å². The first-order chi connectivity index (χ1) is 12.0. The SMILES string of the molecule is CC(C)S(=O)(=O)CC1CCN(C(=O)Cc2ccc(C(F)(F)F)cn2)CC1. The van der Waals surface area contributed by atoms with Crippen LogP contribution in [-0.2, 0) is 27.2 Å². The van der Waals surface area contributed by atoms with Crippen LogP contribution in [0.1, 0.15) is 37.9 Å². The van der Waals surface area contributed by atoms with Crippen LogP contribution in [0.4, 0.5) is 13.2 Å². The molecule has 0 N–H and O–H groups in total. The number of alkyl halides is 3. The van der Waals surface area contributed by atoms with Crippen LogP contribution in [0.5, 0.6) is 0 Å². The molecule has 1 fully saturated rings. The van der Waals surface area contributed by atoms with Crippen molar-refractivity contribution in [3.05, 3.63) is 29.6 Å². The van der Waals surface area contributed by atoms with E-state index >= 15 is 0 Å². The molecule has 9 heteroatoms. The van der Waals surface area contributed by atoms with Crippen LogP contribution in [0.15, 0.2) is 18.3 Å². The molecular weight excluding hydrogens is 369 g/mol. The Hall–Kier alpha value is -1.64. The zero-order chi connectivity index (χ0) is 19.5. The average molecular weight is 392 g/mol. The fourth-order valence-electron chi connectivity index (χ4n) is 2.83. The van der Waals surface area contributed by atoms with E-state index in [-0.39, 0.29) is 29.7 Å². The molecule has 1 aliphatic rings. The van der Waals surface area contributed by atoms with Gasteiger partial charge in [-0.1, -0.05) is 0 Å². The van der Waals surface area contributed by atoms with Gasteiger partial charge in [-0.05, 0) is 44.7 Å². The maximum atomic E-state index is 12.5. The zero-order valence-electron chi connectivity index (χ0n) is 14.8. The highest BCUT2D eigenvalue weighted by Crippen LogP contribution is 2.28. The summed E-state index contributed by atoms with van der Waals surface area (Å²) in [7, 11) is -3.11. The van der Waals surface area contributed by atoms with Gasteiger partial charge in [0.1, 0.15) is 0 Å². The third-order valence-corrected chi connectivity index (χ3v) is 7.01. The summed E-state index contributed by atoms with van der Waals surface area (Å²) in [4.78, 5) is 17.6. The Labute approximate surface area is 151 Å². The van der Waals surface area contributed by atoms with Crippen molar-refractivity contribution in [3.8, 4) is 0 Å². The summed E-state index contributed by atoms with van der Waals surface area (Å²) in [6.45, 7) is 4.23. The van der Waals surface area contributed by atoms with Crippen LogP contribution in [0.3, 0.4) is 0 Å². The van der Waals surface area contributed by atoms with Crippen LogP contribution >= 0.6 is 0 Å². The van der Waals surface area contributed by atoms with Gasteiger partial charge in [-0.15, -0.1) is 0 Å². The van der Waals surface area contributed by atoms with Crippen LogP contribution in [0, 0.1) is 5.92 Å². The minimum atomic E-state index is -4.45. The number of aromatic nitrogens is 1. The molecule has 5 nitrogen and oxygen atoms in total. The molecule has 1 aromatic rings. The van der Waals surface area contributed by atoms with Gasteiger partial charge in [0.15, 0.2) is 9.84 Å². The standard InChI is InChI=1S/C17H23F3N2O3S/c1-12(2)26(24,25)11-13-5-7-22(8-6-13)16(23)9-15-4-3-14(10-21-15)17(18,19)20/h3-4,10,12-13H,5-9,11H2,1-2H3. The number of hydrogen-bond donors (Lipinski definition) is 0. The minimum absolute atomic E-state index is 0.0376. The molecule has 1 amide bonds. The van der Waals surface area contributed by atoms with Crippen molar-refractivity contribution in [2.75, 3.05) is 18.8 Å². The number of carbonyl (C=O) groups excluding carboxylic acids is 1. The molecule has 0 unspecified atom stereocenters. The van der Waals surface area contributed by atoms with E-state index in [0.717, 1.165) is 12.3 Å². The Kier molecular flexibility index (Phi) is 6.31. The molecule has 0 bridgehead atoms. The van der Waals surface area contributed by atoms with Crippen LogP contribution < -0.4 is 0 Å². The fraction of sp³-hybridized carbons (Fsp3) is 0.647. The third kappa shape index (κ3) is 5.43. The molecule has 146 valence electrons. The predicted molar refractivity (Wildman–Crippen MR) is 91.2 cm³/mol. The first kappa shape index (κ1) is 20.7. The molecule has 0 aromatic carbocycles. The topological polar surface area (TPSA) is 67.3 Å². The van der Waals surface area contributed by atoms with Crippen molar-refractivity contribution >= 4 is 15.7 Å². The first-order valence-electron chi connectivity index (χ1n) is 8.50. The molecule has 0 aliphatic carbocycles. The number of halogens is 3. The van der Waals surface area contributed by atoms with Crippen LogP contribution in [-0.4, -0.2) is 48.3 Å². The van der Waals surface area contributed by atoms with Gasteiger partial charge in [-0.25, -0.2) is 8.42 Å². The van der Waals surface area contributed by atoms with Crippen molar-refractivity contribution in [1.29, 1.82) is 0 Å².